The van der Waals surface area contributed by atoms with Crippen molar-refractivity contribution in [3.8, 4) is 0 Å². The van der Waals surface area contributed by atoms with Gasteiger partial charge in [-0.2, -0.15) is 0 Å². The highest BCUT2D eigenvalue weighted by Gasteiger charge is 2.30. The molecule has 0 aliphatic rings. The molecule has 0 fully saturated rings. The van der Waals surface area contributed by atoms with E-state index in [1.807, 2.05) is 0 Å². The van der Waals surface area contributed by atoms with Crippen molar-refractivity contribution in [2.24, 2.45) is 11.8 Å². The van der Waals surface area contributed by atoms with Crippen molar-refractivity contribution in [2.45, 2.75) is 387 Å². The molecule has 0 rings (SSSR count). The third kappa shape index (κ3) is 65.1. The summed E-state index contributed by atoms with van der Waals surface area (Å²) in [7, 11) is -9.90. The summed E-state index contributed by atoms with van der Waals surface area (Å²) in [5, 5.41) is 10.6. The van der Waals surface area contributed by atoms with Gasteiger partial charge in [0.05, 0.1) is 26.4 Å². The molecule has 0 aromatic heterocycles. The molecule has 0 saturated carbocycles. The van der Waals surface area contributed by atoms with E-state index in [0.717, 1.165) is 102 Å². The molecule has 0 aromatic rings. The van der Waals surface area contributed by atoms with Crippen LogP contribution in [0.1, 0.15) is 369 Å². The number of phosphoric acid groups is 2. The van der Waals surface area contributed by atoms with Crippen molar-refractivity contribution in [3.05, 3.63) is 0 Å². The predicted molar refractivity (Wildman–Crippen MR) is 368 cm³/mol. The molecule has 0 aromatic carbocycles. The van der Waals surface area contributed by atoms with Crippen LogP contribution >= 0.6 is 15.6 Å². The summed E-state index contributed by atoms with van der Waals surface area (Å²) in [6.07, 6.45) is 50.0. The molecule has 0 radical (unpaired) electrons. The summed E-state index contributed by atoms with van der Waals surface area (Å²) in [4.78, 5) is 72.6. The Morgan fingerprint density at radius 2 is 0.560 bits per heavy atom. The lowest BCUT2D eigenvalue weighted by Gasteiger charge is -2.21. The molecular weight excluding hydrogens is 1200 g/mol. The Bertz CT molecular complexity index is 1770. The standard InChI is InChI=1S/C72H140O17P2/c1-7-10-12-14-16-18-20-28-32-36-43-49-55-70(75)82-60-67(88-71(76)56-50-44-37-33-29-26-24-22-21-23-25-27-30-34-40-46-52-64(4)5)62-86-90(78,79)84-58-66(73)59-85-91(80,81)87-63-68(89-72(77)57-51-45-39-38-41-47-53-65(6)9-3)61-83-69(74)54-48-42-35-31-19-17-15-13-11-8-2/h64-68,73H,7-63H2,1-6H3,(H,78,79)(H,80,81)/t65?,66-,67-,68-/m1/s1. The lowest BCUT2D eigenvalue weighted by Crippen LogP contribution is -2.30. The van der Waals surface area contributed by atoms with Gasteiger partial charge in [-0.3, -0.25) is 37.3 Å². The predicted octanol–water partition coefficient (Wildman–Crippen LogP) is 20.8. The first-order chi connectivity index (χ1) is 43.9. The minimum absolute atomic E-state index is 0.103. The van der Waals surface area contributed by atoms with Crippen molar-refractivity contribution in [2.75, 3.05) is 39.6 Å². The normalized spacial score (nSPS) is 14.4. The highest BCUT2D eigenvalue weighted by Crippen LogP contribution is 2.45. The number of unbranched alkanes of at least 4 members (excludes halogenated alkanes) is 40. The molecule has 0 aliphatic carbocycles. The average molecular weight is 1340 g/mol. The van der Waals surface area contributed by atoms with E-state index < -0.39 is 97.5 Å². The molecule has 6 atom stereocenters. The Balaban J connectivity index is 5.21. The molecule has 91 heavy (non-hydrogen) atoms. The quantitative estimate of drug-likeness (QED) is 0.0222. The van der Waals surface area contributed by atoms with Gasteiger partial charge >= 0.3 is 39.5 Å². The summed E-state index contributed by atoms with van der Waals surface area (Å²) in [5.41, 5.74) is 0. The molecule has 17 nitrogen and oxygen atoms in total. The van der Waals surface area contributed by atoms with Gasteiger partial charge < -0.3 is 33.8 Å². The van der Waals surface area contributed by atoms with Gasteiger partial charge in [0.1, 0.15) is 19.3 Å². The minimum Gasteiger partial charge on any atom is -0.462 e. The van der Waals surface area contributed by atoms with E-state index in [0.29, 0.717) is 25.7 Å². The van der Waals surface area contributed by atoms with E-state index in [9.17, 15) is 43.2 Å². The Hall–Kier alpha value is -1.94. The summed E-state index contributed by atoms with van der Waals surface area (Å²) in [6, 6.07) is 0. The zero-order valence-corrected chi connectivity index (χ0v) is 60.9. The van der Waals surface area contributed by atoms with Crippen LogP contribution in [0.5, 0.6) is 0 Å². The van der Waals surface area contributed by atoms with E-state index in [1.54, 1.807) is 0 Å². The van der Waals surface area contributed by atoms with E-state index >= 15 is 0 Å². The zero-order chi connectivity index (χ0) is 67.2. The number of rotatable bonds is 71. The van der Waals surface area contributed by atoms with E-state index in [4.69, 9.17) is 37.0 Å². The fourth-order valence-corrected chi connectivity index (χ4v) is 12.5. The third-order valence-electron chi connectivity index (χ3n) is 17.1. The topological polar surface area (TPSA) is 237 Å². The fourth-order valence-electron chi connectivity index (χ4n) is 10.9. The summed E-state index contributed by atoms with van der Waals surface area (Å²) in [5.74, 6) is -0.594. The number of aliphatic hydroxyl groups is 1. The first-order valence-electron chi connectivity index (χ1n) is 37.5. The largest absolute Gasteiger partial charge is 0.472 e. The van der Waals surface area contributed by atoms with Crippen LogP contribution in [0.2, 0.25) is 0 Å². The Labute approximate surface area is 556 Å². The van der Waals surface area contributed by atoms with Gasteiger partial charge in [0.2, 0.25) is 0 Å². The number of carbonyl (C=O) groups is 4. The van der Waals surface area contributed by atoms with Crippen LogP contribution in [-0.2, 0) is 65.4 Å². The first kappa shape index (κ1) is 89.1. The zero-order valence-electron chi connectivity index (χ0n) is 59.1. The second-order valence-electron chi connectivity index (χ2n) is 26.7. The molecule has 0 amide bonds. The molecule has 0 heterocycles. The Morgan fingerprint density at radius 1 is 0.319 bits per heavy atom. The van der Waals surface area contributed by atoms with Gasteiger partial charge in [-0.1, -0.05) is 318 Å². The number of ether oxygens (including phenoxy) is 4. The SMILES string of the molecule is CCCCCCCCCCCCCCC(=O)OC[C@H](COP(=O)(O)OC[C@@H](O)COP(=O)(O)OC[C@@H](COC(=O)CCCCCCCCCCCC)OC(=O)CCCCCCCCC(C)CC)OC(=O)CCCCCCCCCCCCCCCCCCC(C)C. The van der Waals surface area contributed by atoms with Crippen molar-refractivity contribution >= 4 is 39.5 Å². The highest BCUT2D eigenvalue weighted by atomic mass is 31.2. The van der Waals surface area contributed by atoms with Crippen LogP contribution < -0.4 is 0 Å². The van der Waals surface area contributed by atoms with Crippen LogP contribution in [0, 0.1) is 11.8 Å². The average Bonchev–Trinajstić information content (AvgIpc) is 3.72. The minimum atomic E-state index is -4.95. The molecule has 3 N–H and O–H groups in total. The van der Waals surface area contributed by atoms with Crippen molar-refractivity contribution in [1.82, 2.24) is 0 Å². The second-order valence-corrected chi connectivity index (χ2v) is 29.6. The molecule has 3 unspecified atom stereocenters. The van der Waals surface area contributed by atoms with Crippen molar-refractivity contribution in [1.29, 1.82) is 0 Å². The van der Waals surface area contributed by atoms with Gasteiger partial charge in [-0.25, -0.2) is 9.13 Å². The molecule has 0 saturated heterocycles. The van der Waals surface area contributed by atoms with Crippen LogP contribution in [0.15, 0.2) is 0 Å². The molecule has 0 bridgehead atoms. The fraction of sp³-hybridized carbons (Fsp3) is 0.944. The maximum Gasteiger partial charge on any atom is 0.472 e. The van der Waals surface area contributed by atoms with Gasteiger partial charge in [-0.15, -0.1) is 0 Å². The van der Waals surface area contributed by atoms with Crippen molar-refractivity contribution in [3.63, 3.8) is 0 Å². The van der Waals surface area contributed by atoms with E-state index in [-0.39, 0.29) is 25.7 Å². The van der Waals surface area contributed by atoms with Gasteiger partial charge in [-0.05, 0) is 37.5 Å². The lowest BCUT2D eigenvalue weighted by atomic mass is 10.00. The summed E-state index contributed by atoms with van der Waals surface area (Å²) in [6.45, 7) is 9.54. The molecular formula is C72H140O17P2. The Kier molecular flexibility index (Phi) is 62.7. The molecule has 19 heteroatoms. The molecule has 0 spiro atoms. The maximum atomic E-state index is 13.0. The van der Waals surface area contributed by atoms with Crippen molar-refractivity contribution < 1.29 is 80.2 Å². The Morgan fingerprint density at radius 3 is 0.835 bits per heavy atom. The smallest absolute Gasteiger partial charge is 0.462 e. The number of carbonyl (C=O) groups excluding carboxylic acids is 4. The summed E-state index contributed by atoms with van der Waals surface area (Å²) >= 11 is 0. The van der Waals surface area contributed by atoms with Crippen LogP contribution in [0.25, 0.3) is 0 Å². The summed E-state index contributed by atoms with van der Waals surface area (Å²) < 4.78 is 68.3. The van der Waals surface area contributed by atoms with Gasteiger partial charge in [0, 0.05) is 25.7 Å². The second kappa shape index (κ2) is 64.1. The number of hydrogen-bond donors (Lipinski definition) is 3. The molecule has 0 aliphatic heterocycles. The van der Waals surface area contributed by atoms with Gasteiger partial charge in [0.25, 0.3) is 0 Å². The van der Waals surface area contributed by atoms with E-state index in [2.05, 4.69) is 41.5 Å². The van der Waals surface area contributed by atoms with Gasteiger partial charge in [0.15, 0.2) is 12.2 Å². The maximum absolute atomic E-state index is 13.0. The van der Waals surface area contributed by atoms with Crippen LogP contribution in [0.4, 0.5) is 0 Å². The van der Waals surface area contributed by atoms with Crippen LogP contribution in [0.3, 0.4) is 0 Å². The lowest BCUT2D eigenvalue weighted by molar-refractivity contribution is -0.161. The molecule has 540 valence electrons. The number of phosphoric ester groups is 2. The third-order valence-corrected chi connectivity index (χ3v) is 19.0. The van der Waals surface area contributed by atoms with Crippen LogP contribution in [-0.4, -0.2) is 96.7 Å². The number of aliphatic hydroxyl groups excluding tert-OH is 1. The number of hydrogen-bond acceptors (Lipinski definition) is 15. The number of esters is 4. The monoisotopic (exact) mass is 1340 g/mol. The van der Waals surface area contributed by atoms with E-state index in [1.165, 1.54) is 186 Å². The first-order valence-corrected chi connectivity index (χ1v) is 40.5. The highest BCUT2D eigenvalue weighted by molar-refractivity contribution is 7.47.